The summed E-state index contributed by atoms with van der Waals surface area (Å²) in [6.07, 6.45) is -3.17. The second-order valence-corrected chi connectivity index (χ2v) is 10.9. The van der Waals surface area contributed by atoms with Gasteiger partial charge in [-0.25, -0.2) is 9.78 Å². The molecule has 2 amide bonds. The monoisotopic (exact) mass is 586 g/mol. The van der Waals surface area contributed by atoms with E-state index in [1.165, 1.54) is 12.3 Å². The largest absolute Gasteiger partial charge is 0.472 e. The summed E-state index contributed by atoms with van der Waals surface area (Å²) < 4.78 is 56.8. The average molecular weight is 587 g/mol. The van der Waals surface area contributed by atoms with Crippen molar-refractivity contribution in [2.45, 2.75) is 64.6 Å². The van der Waals surface area contributed by atoms with Crippen molar-refractivity contribution >= 4 is 12.0 Å². The van der Waals surface area contributed by atoms with Crippen molar-refractivity contribution in [2.75, 3.05) is 13.2 Å². The number of nitrogens with one attached hydrogen (secondary N) is 2. The summed E-state index contributed by atoms with van der Waals surface area (Å²) in [5, 5.41) is 5.43. The Bertz CT molecular complexity index is 1400. The van der Waals surface area contributed by atoms with E-state index in [1.54, 1.807) is 58.0 Å². The maximum atomic E-state index is 13.5. The Balaban J connectivity index is 1.48. The number of hydrogen-bond donors (Lipinski definition) is 2. The molecule has 1 aliphatic heterocycles. The molecule has 1 saturated heterocycles. The molecule has 42 heavy (non-hydrogen) atoms. The number of nitrogens with zero attached hydrogens (tertiary/aromatic N) is 2. The van der Waals surface area contributed by atoms with Crippen LogP contribution in [0.3, 0.4) is 0 Å². The Hall–Kier alpha value is -4.19. The van der Waals surface area contributed by atoms with Crippen LogP contribution in [0.25, 0.3) is 11.1 Å². The van der Waals surface area contributed by atoms with E-state index in [1.807, 2.05) is 0 Å². The van der Waals surface area contributed by atoms with E-state index in [-0.39, 0.29) is 24.4 Å². The third-order valence-corrected chi connectivity index (χ3v) is 6.34. The van der Waals surface area contributed by atoms with Gasteiger partial charge < -0.3 is 24.8 Å². The van der Waals surface area contributed by atoms with Crippen molar-refractivity contribution in [1.29, 1.82) is 0 Å². The van der Waals surface area contributed by atoms with Gasteiger partial charge in [-0.15, -0.1) is 0 Å². The average Bonchev–Trinajstić information content (AvgIpc) is 3.43. The molecular formula is C30H33F3N4O5. The molecule has 2 heterocycles. The van der Waals surface area contributed by atoms with Crippen LogP contribution in [-0.4, -0.2) is 46.9 Å². The van der Waals surface area contributed by atoms with Crippen molar-refractivity contribution < 1.29 is 37.0 Å². The van der Waals surface area contributed by atoms with Gasteiger partial charge in [-0.05, 0) is 62.1 Å². The lowest BCUT2D eigenvalue weighted by molar-refractivity contribution is -0.137. The second-order valence-electron chi connectivity index (χ2n) is 10.9. The van der Waals surface area contributed by atoms with Crippen LogP contribution in [0.1, 0.15) is 67.5 Å². The molecule has 4 rings (SSSR count). The molecule has 9 nitrogen and oxygen atoms in total. The highest BCUT2D eigenvalue weighted by Gasteiger charge is 2.31. The van der Waals surface area contributed by atoms with E-state index in [9.17, 15) is 22.8 Å². The van der Waals surface area contributed by atoms with Crippen molar-refractivity contribution in [1.82, 2.24) is 20.6 Å². The summed E-state index contributed by atoms with van der Waals surface area (Å²) >= 11 is 0. The van der Waals surface area contributed by atoms with Gasteiger partial charge in [0.15, 0.2) is 0 Å². The number of ether oxygens (including phenoxy) is 3. The van der Waals surface area contributed by atoms with Crippen LogP contribution in [0, 0.1) is 0 Å². The van der Waals surface area contributed by atoms with E-state index in [0.717, 1.165) is 18.6 Å². The number of alkyl carbamates (subject to hydrolysis) is 1. The topological polar surface area (TPSA) is 112 Å². The Labute approximate surface area is 241 Å². The standard InChI is InChI=1S/C30H33F3N4O5/c1-18(36-27(38)26-34-13-11-25(37-26)41-23-12-14-40-17-23)19-5-7-20(8-6-19)24-15-22(30(31,32)33)10-9-21(24)16-35-28(39)42-29(2,3)4/h5-11,13,15,18,23H,12,14,16-17H2,1-4H3,(H,35,39)(H,36,38)/t18-,23-/m1/s1. The van der Waals surface area contributed by atoms with Gasteiger partial charge in [0.1, 0.15) is 11.7 Å². The molecule has 224 valence electrons. The lowest BCUT2D eigenvalue weighted by atomic mass is 9.95. The number of rotatable bonds is 8. The molecule has 0 spiro atoms. The number of carbonyl (C=O) groups is 2. The first-order valence-corrected chi connectivity index (χ1v) is 13.4. The van der Waals surface area contributed by atoms with Crippen LogP contribution in [0.4, 0.5) is 18.0 Å². The fraction of sp³-hybridized carbons (Fsp3) is 0.400. The zero-order chi connectivity index (χ0) is 30.5. The molecule has 1 aromatic heterocycles. The molecule has 12 heteroatoms. The van der Waals surface area contributed by atoms with Crippen molar-refractivity contribution in [2.24, 2.45) is 0 Å². The van der Waals surface area contributed by atoms with Crippen LogP contribution >= 0.6 is 0 Å². The fourth-order valence-corrected chi connectivity index (χ4v) is 4.25. The zero-order valence-electron chi connectivity index (χ0n) is 23.7. The maximum Gasteiger partial charge on any atom is 0.416 e. The SMILES string of the molecule is C[C@@H](NC(=O)c1nccc(O[C@@H]2CCOC2)n1)c1ccc(-c2cc(C(F)(F)F)ccc2CNC(=O)OC(C)(C)C)cc1. The third-order valence-electron chi connectivity index (χ3n) is 6.34. The smallest absolute Gasteiger partial charge is 0.416 e. The number of carbonyl (C=O) groups excluding carboxylic acids is 2. The predicted octanol–water partition coefficient (Wildman–Crippen LogP) is 5.85. The van der Waals surface area contributed by atoms with Gasteiger partial charge in [0.05, 0.1) is 24.8 Å². The van der Waals surface area contributed by atoms with Crippen molar-refractivity contribution in [3.05, 3.63) is 77.2 Å². The molecule has 2 aromatic carbocycles. The third kappa shape index (κ3) is 8.41. The highest BCUT2D eigenvalue weighted by Crippen LogP contribution is 2.34. The van der Waals surface area contributed by atoms with Gasteiger partial charge >= 0.3 is 12.3 Å². The number of hydrogen-bond acceptors (Lipinski definition) is 7. The number of halogens is 3. The summed E-state index contributed by atoms with van der Waals surface area (Å²) in [5.41, 5.74) is 0.475. The number of aromatic nitrogens is 2. The summed E-state index contributed by atoms with van der Waals surface area (Å²) in [4.78, 5) is 33.2. The molecule has 0 saturated carbocycles. The van der Waals surface area contributed by atoms with Gasteiger partial charge in [-0.1, -0.05) is 30.3 Å². The number of amides is 2. The Morgan fingerprint density at radius 3 is 2.48 bits per heavy atom. The fourth-order valence-electron chi connectivity index (χ4n) is 4.25. The Kier molecular flexibility index (Phi) is 9.35. The number of benzene rings is 2. The molecule has 0 radical (unpaired) electrons. The van der Waals surface area contributed by atoms with Crippen LogP contribution in [-0.2, 0) is 22.2 Å². The minimum atomic E-state index is -4.54. The van der Waals surface area contributed by atoms with E-state index in [4.69, 9.17) is 14.2 Å². The first kappa shape index (κ1) is 30.8. The Morgan fingerprint density at radius 1 is 1.10 bits per heavy atom. The van der Waals surface area contributed by atoms with Gasteiger partial charge in [-0.3, -0.25) is 4.79 Å². The van der Waals surface area contributed by atoms with Gasteiger partial charge in [0.2, 0.25) is 11.7 Å². The van der Waals surface area contributed by atoms with Gasteiger partial charge in [0.25, 0.3) is 5.91 Å². The minimum Gasteiger partial charge on any atom is -0.472 e. The predicted molar refractivity (Wildman–Crippen MR) is 148 cm³/mol. The van der Waals surface area contributed by atoms with Crippen LogP contribution in [0.2, 0.25) is 0 Å². The molecule has 2 N–H and O–H groups in total. The molecule has 0 unspecified atom stereocenters. The first-order valence-electron chi connectivity index (χ1n) is 13.4. The van der Waals surface area contributed by atoms with Crippen LogP contribution in [0.15, 0.2) is 54.7 Å². The summed E-state index contributed by atoms with van der Waals surface area (Å²) in [6, 6.07) is 11.2. The van der Waals surface area contributed by atoms with Crippen LogP contribution in [0.5, 0.6) is 5.88 Å². The van der Waals surface area contributed by atoms with E-state index >= 15 is 0 Å². The first-order chi connectivity index (χ1) is 19.8. The molecule has 0 bridgehead atoms. The molecule has 1 aliphatic rings. The lowest BCUT2D eigenvalue weighted by Crippen LogP contribution is -2.32. The molecule has 3 aromatic rings. The van der Waals surface area contributed by atoms with E-state index in [2.05, 4.69) is 20.6 Å². The quantitative estimate of drug-likeness (QED) is 0.341. The highest BCUT2D eigenvalue weighted by molar-refractivity contribution is 5.90. The number of alkyl halides is 3. The van der Waals surface area contributed by atoms with E-state index < -0.39 is 35.4 Å². The van der Waals surface area contributed by atoms with E-state index in [0.29, 0.717) is 35.5 Å². The summed E-state index contributed by atoms with van der Waals surface area (Å²) in [5.74, 6) is -0.283. The lowest BCUT2D eigenvalue weighted by Gasteiger charge is -2.20. The van der Waals surface area contributed by atoms with Crippen LogP contribution < -0.4 is 15.4 Å². The highest BCUT2D eigenvalue weighted by atomic mass is 19.4. The van der Waals surface area contributed by atoms with Crippen molar-refractivity contribution in [3.8, 4) is 17.0 Å². The second kappa shape index (κ2) is 12.8. The zero-order valence-corrected chi connectivity index (χ0v) is 23.7. The molecule has 0 aliphatic carbocycles. The summed E-state index contributed by atoms with van der Waals surface area (Å²) in [7, 11) is 0. The molecule has 1 fully saturated rings. The minimum absolute atomic E-state index is 0.0346. The van der Waals surface area contributed by atoms with Gasteiger partial charge in [0, 0.05) is 25.2 Å². The normalized spacial score (nSPS) is 16.0. The van der Waals surface area contributed by atoms with Gasteiger partial charge in [-0.2, -0.15) is 18.2 Å². The Morgan fingerprint density at radius 2 is 1.83 bits per heavy atom. The summed E-state index contributed by atoms with van der Waals surface area (Å²) in [6.45, 7) is 7.95. The van der Waals surface area contributed by atoms with Crippen molar-refractivity contribution in [3.63, 3.8) is 0 Å². The molecule has 2 atom stereocenters. The molecular weight excluding hydrogens is 553 g/mol. The maximum absolute atomic E-state index is 13.5.